The molecule has 1 heterocycles. The van der Waals surface area contributed by atoms with Crippen LogP contribution in [0.1, 0.15) is 23.7 Å². The van der Waals surface area contributed by atoms with Gasteiger partial charge < -0.3 is 10.6 Å². The third kappa shape index (κ3) is 3.33. The molecule has 1 unspecified atom stereocenters. The van der Waals surface area contributed by atoms with Gasteiger partial charge in [-0.25, -0.2) is 8.42 Å². The molecule has 0 saturated carbocycles. The highest BCUT2D eigenvalue weighted by atomic mass is 32.2. The average Bonchev–Trinajstić information content (AvgIpc) is 2.75. The van der Waals surface area contributed by atoms with E-state index in [0.29, 0.717) is 5.56 Å². The number of sulfone groups is 1. The molecule has 2 rings (SSSR count). The van der Waals surface area contributed by atoms with Crippen molar-refractivity contribution in [1.82, 2.24) is 10.6 Å². The molecule has 1 aliphatic heterocycles. The normalized spacial score (nSPS) is 23.3. The van der Waals surface area contributed by atoms with Crippen LogP contribution >= 0.6 is 0 Å². The third-order valence-corrected chi connectivity index (χ3v) is 4.42. The van der Waals surface area contributed by atoms with E-state index in [4.69, 9.17) is 0 Å². The van der Waals surface area contributed by atoms with E-state index in [0.717, 1.165) is 25.8 Å². The summed E-state index contributed by atoms with van der Waals surface area (Å²) in [6.07, 6.45) is 2.00. The Morgan fingerprint density at radius 1 is 1.42 bits per heavy atom. The summed E-state index contributed by atoms with van der Waals surface area (Å²) in [5.74, 6) is -0.239. The summed E-state index contributed by atoms with van der Waals surface area (Å²) in [5, 5.41) is 6.15. The maximum absolute atomic E-state index is 12.2. The molecule has 5 nitrogen and oxygen atoms in total. The number of carbonyl (C=O) groups excluding carboxylic acids is 1. The third-order valence-electron chi connectivity index (χ3n) is 3.31. The molecule has 1 aliphatic rings. The average molecular weight is 282 g/mol. The molecular formula is C13H18N2O3S. The van der Waals surface area contributed by atoms with E-state index in [9.17, 15) is 13.2 Å². The highest BCUT2D eigenvalue weighted by Gasteiger charge is 2.30. The van der Waals surface area contributed by atoms with Gasteiger partial charge in [0.1, 0.15) is 0 Å². The lowest BCUT2D eigenvalue weighted by Crippen LogP contribution is -2.47. The monoisotopic (exact) mass is 282 g/mol. The lowest BCUT2D eigenvalue weighted by atomic mass is 10.0. The van der Waals surface area contributed by atoms with Gasteiger partial charge in [-0.05, 0) is 38.1 Å². The Balaban J connectivity index is 2.20. The minimum atomic E-state index is -3.29. The fraction of sp³-hybridized carbons (Fsp3) is 0.462. The van der Waals surface area contributed by atoms with E-state index in [1.807, 2.05) is 6.92 Å². The van der Waals surface area contributed by atoms with Crippen molar-refractivity contribution in [2.45, 2.75) is 23.8 Å². The molecule has 2 N–H and O–H groups in total. The second-order valence-electron chi connectivity index (χ2n) is 5.24. The van der Waals surface area contributed by atoms with Gasteiger partial charge in [0, 0.05) is 18.4 Å². The lowest BCUT2D eigenvalue weighted by Gasteiger charge is -2.24. The summed E-state index contributed by atoms with van der Waals surface area (Å²) in [5.41, 5.74) is 0.106. The highest BCUT2D eigenvalue weighted by Crippen LogP contribution is 2.16. The minimum Gasteiger partial charge on any atom is -0.346 e. The number of nitrogens with one attached hydrogen (secondary N) is 2. The molecule has 1 amide bonds. The van der Waals surface area contributed by atoms with Crippen LogP contribution < -0.4 is 10.6 Å². The van der Waals surface area contributed by atoms with Gasteiger partial charge in [0.2, 0.25) is 0 Å². The molecule has 1 saturated heterocycles. The van der Waals surface area contributed by atoms with Gasteiger partial charge in [0.05, 0.1) is 10.4 Å². The molecule has 0 radical (unpaired) electrons. The van der Waals surface area contributed by atoms with Crippen molar-refractivity contribution in [1.29, 1.82) is 0 Å². The van der Waals surface area contributed by atoms with Crippen molar-refractivity contribution in [2.24, 2.45) is 0 Å². The standard InChI is InChI=1S/C13H18N2O3S/c1-13(6-7-14-9-13)15-12(16)10-4-3-5-11(8-10)19(2,17)18/h3-5,8,14H,6-7,9H2,1-2H3,(H,15,16). The Bertz CT molecular complexity index is 590. The number of carbonyl (C=O) groups is 1. The predicted octanol–water partition coefficient (Wildman–Crippen LogP) is 0.572. The first-order valence-corrected chi connectivity index (χ1v) is 8.03. The van der Waals surface area contributed by atoms with Gasteiger partial charge in [-0.2, -0.15) is 0 Å². The molecule has 104 valence electrons. The van der Waals surface area contributed by atoms with Crippen molar-refractivity contribution in [3.8, 4) is 0 Å². The number of rotatable bonds is 3. The van der Waals surface area contributed by atoms with Crippen molar-refractivity contribution in [2.75, 3.05) is 19.3 Å². The van der Waals surface area contributed by atoms with Crippen LogP contribution in [0.3, 0.4) is 0 Å². The van der Waals surface area contributed by atoms with Gasteiger partial charge in [-0.15, -0.1) is 0 Å². The summed E-state index contributed by atoms with van der Waals surface area (Å²) in [6.45, 7) is 3.58. The first-order chi connectivity index (χ1) is 8.80. The second kappa shape index (κ2) is 4.94. The Labute approximate surface area is 113 Å². The first-order valence-electron chi connectivity index (χ1n) is 6.14. The first kappa shape index (κ1) is 14.0. The Morgan fingerprint density at radius 2 is 2.16 bits per heavy atom. The van der Waals surface area contributed by atoms with E-state index >= 15 is 0 Å². The van der Waals surface area contributed by atoms with Crippen molar-refractivity contribution in [3.05, 3.63) is 29.8 Å². The number of benzene rings is 1. The molecule has 6 heteroatoms. The summed E-state index contributed by atoms with van der Waals surface area (Å²) >= 11 is 0. The number of hydrogen-bond donors (Lipinski definition) is 2. The van der Waals surface area contributed by atoms with Crippen LogP contribution in [0.5, 0.6) is 0 Å². The van der Waals surface area contributed by atoms with Crippen LogP contribution in [-0.4, -0.2) is 39.2 Å². The second-order valence-corrected chi connectivity index (χ2v) is 7.26. The van der Waals surface area contributed by atoms with E-state index in [-0.39, 0.29) is 16.3 Å². The Hall–Kier alpha value is -1.40. The van der Waals surface area contributed by atoms with Crippen LogP contribution in [0, 0.1) is 0 Å². The molecule has 1 aromatic rings. The molecule has 0 bridgehead atoms. The minimum absolute atomic E-state index is 0.162. The van der Waals surface area contributed by atoms with E-state index < -0.39 is 9.84 Å². The van der Waals surface area contributed by atoms with Crippen molar-refractivity contribution >= 4 is 15.7 Å². The van der Waals surface area contributed by atoms with Crippen LogP contribution in [-0.2, 0) is 9.84 Å². The number of hydrogen-bond acceptors (Lipinski definition) is 4. The lowest BCUT2D eigenvalue weighted by molar-refractivity contribution is 0.0913. The fourth-order valence-electron chi connectivity index (χ4n) is 2.14. The van der Waals surface area contributed by atoms with Crippen LogP contribution in [0.4, 0.5) is 0 Å². The molecule has 1 fully saturated rings. The summed E-state index contributed by atoms with van der Waals surface area (Å²) < 4.78 is 22.9. The topological polar surface area (TPSA) is 75.3 Å². The zero-order chi connectivity index (χ0) is 14.1. The van der Waals surface area contributed by atoms with Crippen LogP contribution in [0.25, 0.3) is 0 Å². The van der Waals surface area contributed by atoms with E-state index in [1.165, 1.54) is 12.1 Å². The van der Waals surface area contributed by atoms with Gasteiger partial charge in [0.25, 0.3) is 5.91 Å². The molecule has 0 aromatic heterocycles. The molecule has 19 heavy (non-hydrogen) atoms. The number of amides is 1. The van der Waals surface area contributed by atoms with Crippen molar-refractivity contribution in [3.63, 3.8) is 0 Å². The van der Waals surface area contributed by atoms with E-state index in [2.05, 4.69) is 10.6 Å². The molecule has 1 atom stereocenters. The van der Waals surface area contributed by atoms with Crippen molar-refractivity contribution < 1.29 is 13.2 Å². The Morgan fingerprint density at radius 3 is 2.74 bits per heavy atom. The van der Waals surface area contributed by atoms with Gasteiger partial charge in [0.15, 0.2) is 9.84 Å². The van der Waals surface area contributed by atoms with Crippen LogP contribution in [0.15, 0.2) is 29.2 Å². The quantitative estimate of drug-likeness (QED) is 0.850. The van der Waals surface area contributed by atoms with Gasteiger partial charge in [-0.1, -0.05) is 6.07 Å². The molecule has 0 aliphatic carbocycles. The molecule has 0 spiro atoms. The summed E-state index contributed by atoms with van der Waals surface area (Å²) in [4.78, 5) is 12.3. The largest absolute Gasteiger partial charge is 0.346 e. The smallest absolute Gasteiger partial charge is 0.251 e. The maximum Gasteiger partial charge on any atom is 0.251 e. The summed E-state index contributed by atoms with van der Waals surface area (Å²) in [6, 6.07) is 6.11. The van der Waals surface area contributed by atoms with Gasteiger partial charge >= 0.3 is 0 Å². The SMILES string of the molecule is CC1(NC(=O)c2cccc(S(C)(=O)=O)c2)CCNC1. The Kier molecular flexibility index (Phi) is 3.64. The van der Waals surface area contributed by atoms with E-state index in [1.54, 1.807) is 12.1 Å². The maximum atomic E-state index is 12.2. The summed E-state index contributed by atoms with van der Waals surface area (Å²) in [7, 11) is -3.29. The zero-order valence-corrected chi connectivity index (χ0v) is 11.9. The van der Waals surface area contributed by atoms with Crippen LogP contribution in [0.2, 0.25) is 0 Å². The molecule has 1 aromatic carbocycles. The van der Waals surface area contributed by atoms with Gasteiger partial charge in [-0.3, -0.25) is 4.79 Å². The zero-order valence-electron chi connectivity index (χ0n) is 11.1. The molecular weight excluding hydrogens is 264 g/mol. The highest BCUT2D eigenvalue weighted by molar-refractivity contribution is 7.90. The fourth-order valence-corrected chi connectivity index (χ4v) is 2.80. The predicted molar refractivity (Wildman–Crippen MR) is 72.9 cm³/mol.